The zero-order valence-electron chi connectivity index (χ0n) is 10.3. The van der Waals surface area contributed by atoms with Crippen LogP contribution >= 0.6 is 22.7 Å². The Morgan fingerprint density at radius 1 is 1.42 bits per heavy atom. The van der Waals surface area contributed by atoms with Gasteiger partial charge in [-0.2, -0.15) is 0 Å². The number of aromatic nitrogens is 2. The molecule has 0 saturated heterocycles. The molecule has 0 aliphatic heterocycles. The van der Waals surface area contributed by atoms with Gasteiger partial charge in [-0.25, -0.2) is 0 Å². The summed E-state index contributed by atoms with van der Waals surface area (Å²) in [4.78, 5) is 12.6. The van der Waals surface area contributed by atoms with E-state index in [0.717, 1.165) is 9.88 Å². The van der Waals surface area contributed by atoms with Crippen molar-refractivity contribution in [3.8, 4) is 9.88 Å². The number of ether oxygens (including phenoxy) is 2. The summed E-state index contributed by atoms with van der Waals surface area (Å²) < 4.78 is 9.92. The highest BCUT2D eigenvalue weighted by Crippen LogP contribution is 2.29. The normalized spacial score (nSPS) is 10.6. The van der Waals surface area contributed by atoms with Crippen molar-refractivity contribution in [2.45, 2.75) is 0 Å². The summed E-state index contributed by atoms with van der Waals surface area (Å²) in [6.45, 7) is 0.840. The van der Waals surface area contributed by atoms with Crippen LogP contribution in [0.15, 0.2) is 17.5 Å². The fraction of sp³-hybridized carbons (Fsp3) is 0.364. The van der Waals surface area contributed by atoms with Gasteiger partial charge >= 0.3 is 0 Å². The molecule has 19 heavy (non-hydrogen) atoms. The van der Waals surface area contributed by atoms with Crippen LogP contribution in [0.1, 0.15) is 0 Å². The van der Waals surface area contributed by atoms with Crippen LogP contribution < -0.4 is 5.32 Å². The lowest BCUT2D eigenvalue weighted by atomic mass is 10.5. The third kappa shape index (κ3) is 4.35. The van der Waals surface area contributed by atoms with Crippen molar-refractivity contribution >= 4 is 33.7 Å². The highest BCUT2D eigenvalue weighted by atomic mass is 32.1. The molecule has 0 bridgehead atoms. The van der Waals surface area contributed by atoms with Crippen LogP contribution in [-0.2, 0) is 14.3 Å². The Morgan fingerprint density at radius 2 is 2.32 bits per heavy atom. The predicted molar refractivity (Wildman–Crippen MR) is 74.5 cm³/mol. The molecule has 2 aromatic rings. The van der Waals surface area contributed by atoms with Gasteiger partial charge in [0.25, 0.3) is 5.91 Å². The SMILES string of the molecule is COCCOCC(=O)Nc1nnc(-c2cccs2)s1. The largest absolute Gasteiger partial charge is 0.382 e. The number of thiophene rings is 1. The van der Waals surface area contributed by atoms with Crippen molar-refractivity contribution < 1.29 is 14.3 Å². The van der Waals surface area contributed by atoms with E-state index >= 15 is 0 Å². The van der Waals surface area contributed by atoms with Gasteiger partial charge in [-0.15, -0.1) is 21.5 Å². The summed E-state index contributed by atoms with van der Waals surface area (Å²) in [5, 5.41) is 13.8. The maximum atomic E-state index is 11.5. The Kier molecular flexibility index (Phi) is 5.40. The Hall–Kier alpha value is -1.35. The standard InChI is InChI=1S/C11H13N3O3S2/c1-16-4-5-17-7-9(15)12-11-14-13-10(19-11)8-3-2-6-18-8/h2-3,6H,4-5,7H2,1H3,(H,12,14,15). The monoisotopic (exact) mass is 299 g/mol. The van der Waals surface area contributed by atoms with Crippen LogP contribution in [-0.4, -0.2) is 43.0 Å². The van der Waals surface area contributed by atoms with E-state index in [1.165, 1.54) is 11.3 Å². The first-order valence-electron chi connectivity index (χ1n) is 5.53. The molecule has 0 radical (unpaired) electrons. The minimum Gasteiger partial charge on any atom is -0.382 e. The van der Waals surface area contributed by atoms with Crippen LogP contribution in [0.5, 0.6) is 0 Å². The van der Waals surface area contributed by atoms with Crippen molar-refractivity contribution in [2.75, 3.05) is 32.2 Å². The second-order valence-electron chi connectivity index (χ2n) is 3.48. The fourth-order valence-electron chi connectivity index (χ4n) is 1.24. The van der Waals surface area contributed by atoms with Gasteiger partial charge in [-0.1, -0.05) is 17.4 Å². The third-order valence-corrected chi connectivity index (χ3v) is 3.95. The topological polar surface area (TPSA) is 73.3 Å². The molecule has 0 spiro atoms. The molecule has 2 heterocycles. The second-order valence-corrected chi connectivity index (χ2v) is 5.41. The zero-order chi connectivity index (χ0) is 13.5. The molecule has 1 amide bonds. The molecule has 0 aromatic carbocycles. The van der Waals surface area contributed by atoms with Crippen LogP contribution in [0.3, 0.4) is 0 Å². The van der Waals surface area contributed by atoms with E-state index in [9.17, 15) is 4.79 Å². The van der Waals surface area contributed by atoms with E-state index in [2.05, 4.69) is 15.5 Å². The van der Waals surface area contributed by atoms with E-state index < -0.39 is 0 Å². The van der Waals surface area contributed by atoms with Gasteiger partial charge in [-0.3, -0.25) is 10.1 Å². The molecule has 0 aliphatic carbocycles. The summed E-state index contributed by atoms with van der Waals surface area (Å²) in [6.07, 6.45) is 0. The van der Waals surface area contributed by atoms with E-state index in [1.54, 1.807) is 18.4 Å². The molecule has 1 N–H and O–H groups in total. The summed E-state index contributed by atoms with van der Waals surface area (Å²) in [6, 6.07) is 3.91. The molecular weight excluding hydrogens is 286 g/mol. The fourth-order valence-corrected chi connectivity index (χ4v) is 2.79. The van der Waals surface area contributed by atoms with Crippen molar-refractivity contribution in [1.29, 1.82) is 0 Å². The highest BCUT2D eigenvalue weighted by Gasteiger charge is 2.10. The molecule has 8 heteroatoms. The van der Waals surface area contributed by atoms with E-state index in [-0.39, 0.29) is 12.5 Å². The maximum Gasteiger partial charge on any atom is 0.252 e. The molecule has 0 unspecified atom stereocenters. The molecule has 0 saturated carbocycles. The molecule has 2 aromatic heterocycles. The number of methoxy groups -OCH3 is 1. The van der Waals surface area contributed by atoms with Crippen molar-refractivity contribution in [2.24, 2.45) is 0 Å². The number of rotatable bonds is 7. The summed E-state index contributed by atoms with van der Waals surface area (Å²) in [5.74, 6) is -0.245. The molecule has 0 fully saturated rings. The Morgan fingerprint density at radius 3 is 3.05 bits per heavy atom. The number of carbonyl (C=O) groups is 1. The predicted octanol–water partition coefficient (Wildman–Crippen LogP) is 1.87. The van der Waals surface area contributed by atoms with Gasteiger partial charge in [0.15, 0.2) is 5.01 Å². The lowest BCUT2D eigenvalue weighted by Gasteiger charge is -2.02. The molecule has 2 rings (SSSR count). The first-order valence-corrected chi connectivity index (χ1v) is 7.23. The van der Waals surface area contributed by atoms with Gasteiger partial charge < -0.3 is 9.47 Å². The van der Waals surface area contributed by atoms with Gasteiger partial charge in [0, 0.05) is 7.11 Å². The molecule has 102 valence electrons. The van der Waals surface area contributed by atoms with Crippen molar-refractivity contribution in [1.82, 2.24) is 10.2 Å². The van der Waals surface area contributed by atoms with Crippen LogP contribution in [0, 0.1) is 0 Å². The minimum atomic E-state index is -0.245. The number of hydrogen-bond donors (Lipinski definition) is 1. The number of nitrogens with one attached hydrogen (secondary N) is 1. The molecular formula is C11H13N3O3S2. The van der Waals surface area contributed by atoms with Crippen LogP contribution in [0.2, 0.25) is 0 Å². The lowest BCUT2D eigenvalue weighted by Crippen LogP contribution is -2.19. The van der Waals surface area contributed by atoms with Gasteiger partial charge in [0.1, 0.15) is 6.61 Å². The van der Waals surface area contributed by atoms with Crippen molar-refractivity contribution in [3.05, 3.63) is 17.5 Å². The first-order chi connectivity index (χ1) is 9.29. The highest BCUT2D eigenvalue weighted by molar-refractivity contribution is 7.23. The number of amides is 1. The summed E-state index contributed by atoms with van der Waals surface area (Å²) >= 11 is 2.92. The molecule has 6 nitrogen and oxygen atoms in total. The maximum absolute atomic E-state index is 11.5. The quantitative estimate of drug-likeness (QED) is 0.790. The Balaban J connectivity index is 1.81. The number of anilines is 1. The van der Waals surface area contributed by atoms with Gasteiger partial charge in [0.2, 0.25) is 5.13 Å². The number of carbonyl (C=O) groups excluding carboxylic acids is 1. The minimum absolute atomic E-state index is 0.0166. The molecule has 0 atom stereocenters. The van der Waals surface area contributed by atoms with Crippen LogP contribution in [0.4, 0.5) is 5.13 Å². The summed E-state index contributed by atoms with van der Waals surface area (Å²) in [5.41, 5.74) is 0. The van der Waals surface area contributed by atoms with Gasteiger partial charge in [0.05, 0.1) is 18.1 Å². The van der Waals surface area contributed by atoms with E-state index in [1.807, 2.05) is 17.5 Å². The Labute approximate surface area is 118 Å². The molecule has 0 aliphatic rings. The smallest absolute Gasteiger partial charge is 0.252 e. The van der Waals surface area contributed by atoms with Gasteiger partial charge in [-0.05, 0) is 11.4 Å². The van der Waals surface area contributed by atoms with Crippen LogP contribution in [0.25, 0.3) is 9.88 Å². The van der Waals surface area contributed by atoms with E-state index in [0.29, 0.717) is 18.3 Å². The number of hydrogen-bond acceptors (Lipinski definition) is 7. The number of nitrogens with zero attached hydrogens (tertiary/aromatic N) is 2. The average molecular weight is 299 g/mol. The second kappa shape index (κ2) is 7.29. The Bertz CT molecular complexity index is 513. The summed E-state index contributed by atoms with van der Waals surface area (Å²) in [7, 11) is 1.58. The average Bonchev–Trinajstić information content (AvgIpc) is 3.04. The third-order valence-electron chi connectivity index (χ3n) is 2.07. The lowest BCUT2D eigenvalue weighted by molar-refractivity contribution is -0.121. The van der Waals surface area contributed by atoms with Crippen molar-refractivity contribution in [3.63, 3.8) is 0 Å². The first kappa shape index (κ1) is 14.1. The van der Waals surface area contributed by atoms with E-state index in [4.69, 9.17) is 9.47 Å². The zero-order valence-corrected chi connectivity index (χ0v) is 11.9.